The fourth-order valence-electron chi connectivity index (χ4n) is 1.65. The summed E-state index contributed by atoms with van der Waals surface area (Å²) in [5.74, 6) is -1.15. The number of pyridine rings is 1. The van der Waals surface area contributed by atoms with Crippen molar-refractivity contribution in [1.82, 2.24) is 14.8 Å². The Morgan fingerprint density at radius 2 is 2.25 bits per heavy atom. The molecule has 2 aromatic rings. The lowest BCUT2D eigenvalue weighted by molar-refractivity contribution is -0.388. The molecule has 0 saturated heterocycles. The van der Waals surface area contributed by atoms with E-state index in [0.29, 0.717) is 15.6 Å². The molecule has 9 heteroatoms. The van der Waals surface area contributed by atoms with Crippen molar-refractivity contribution < 1.29 is 14.8 Å². The second kappa shape index (κ2) is 5.29. The smallest absolute Gasteiger partial charge is 0.354 e. The van der Waals surface area contributed by atoms with Crippen molar-refractivity contribution in [2.24, 2.45) is 7.05 Å². The van der Waals surface area contributed by atoms with Crippen molar-refractivity contribution in [3.8, 4) is 0 Å². The van der Waals surface area contributed by atoms with E-state index in [1.807, 2.05) is 0 Å². The first kappa shape index (κ1) is 14.0. The highest BCUT2D eigenvalue weighted by Gasteiger charge is 2.24. The molecule has 1 N–H and O–H groups in total. The maximum atomic E-state index is 11.1. The van der Waals surface area contributed by atoms with Crippen LogP contribution in [0.25, 0.3) is 0 Å². The minimum absolute atomic E-state index is 0.0776. The average Bonchev–Trinajstić information content (AvgIpc) is 2.64. The van der Waals surface area contributed by atoms with Gasteiger partial charge >= 0.3 is 11.7 Å². The molecule has 0 spiro atoms. The van der Waals surface area contributed by atoms with Crippen molar-refractivity contribution in [2.75, 3.05) is 0 Å². The second-order valence-corrected chi connectivity index (χ2v) is 4.97. The molecule has 20 heavy (non-hydrogen) atoms. The summed E-state index contributed by atoms with van der Waals surface area (Å²) in [6.07, 6.45) is 1.35. The molecule has 0 aliphatic carbocycles. The number of carboxylic acid groups (broad SMARTS) is 1. The van der Waals surface area contributed by atoms with Crippen LogP contribution < -0.4 is 0 Å². The molecule has 0 amide bonds. The largest absolute Gasteiger partial charge is 0.477 e. The minimum Gasteiger partial charge on any atom is -0.477 e. The summed E-state index contributed by atoms with van der Waals surface area (Å²) in [6, 6.07) is 2.95. The van der Waals surface area contributed by atoms with Gasteiger partial charge in [-0.2, -0.15) is 5.10 Å². The molecular formula is C11H10N4O4S. The molecule has 104 valence electrons. The van der Waals surface area contributed by atoms with Gasteiger partial charge in [0.1, 0.15) is 11.4 Å². The van der Waals surface area contributed by atoms with Gasteiger partial charge < -0.3 is 5.11 Å². The van der Waals surface area contributed by atoms with Gasteiger partial charge in [-0.3, -0.25) is 14.8 Å². The van der Waals surface area contributed by atoms with Gasteiger partial charge in [0, 0.05) is 18.1 Å². The van der Waals surface area contributed by atoms with Crippen LogP contribution >= 0.6 is 11.8 Å². The second-order valence-electron chi connectivity index (χ2n) is 3.90. The number of nitrogens with zero attached hydrogens (tertiary/aromatic N) is 4. The van der Waals surface area contributed by atoms with E-state index >= 15 is 0 Å². The van der Waals surface area contributed by atoms with Crippen LogP contribution in [0.5, 0.6) is 0 Å². The zero-order valence-corrected chi connectivity index (χ0v) is 11.4. The number of rotatable bonds is 4. The first-order chi connectivity index (χ1) is 9.40. The van der Waals surface area contributed by atoms with E-state index in [0.717, 1.165) is 11.8 Å². The van der Waals surface area contributed by atoms with Gasteiger partial charge in [0.25, 0.3) is 0 Å². The average molecular weight is 294 g/mol. The van der Waals surface area contributed by atoms with E-state index in [2.05, 4.69) is 10.1 Å². The molecule has 0 aliphatic heterocycles. The van der Waals surface area contributed by atoms with Crippen LogP contribution in [0.3, 0.4) is 0 Å². The predicted octanol–water partition coefficient (Wildman–Crippen LogP) is 1.88. The lowest BCUT2D eigenvalue weighted by Crippen LogP contribution is -2.00. The predicted molar refractivity (Wildman–Crippen MR) is 69.9 cm³/mol. The Hall–Kier alpha value is -2.42. The Kier molecular flexibility index (Phi) is 3.70. The van der Waals surface area contributed by atoms with Gasteiger partial charge in [-0.15, -0.1) is 0 Å². The number of hydrogen-bond donors (Lipinski definition) is 1. The van der Waals surface area contributed by atoms with E-state index in [9.17, 15) is 14.9 Å². The number of nitro groups is 1. The quantitative estimate of drug-likeness (QED) is 0.676. The summed E-state index contributed by atoms with van der Waals surface area (Å²) in [5, 5.41) is 24.3. The van der Waals surface area contributed by atoms with Gasteiger partial charge in [-0.25, -0.2) is 9.78 Å². The molecular weight excluding hydrogens is 284 g/mol. The Morgan fingerprint density at radius 3 is 2.85 bits per heavy atom. The number of carbonyl (C=O) groups is 1. The van der Waals surface area contributed by atoms with Crippen molar-refractivity contribution in [3.63, 3.8) is 0 Å². The van der Waals surface area contributed by atoms with E-state index in [1.54, 1.807) is 20.0 Å². The van der Waals surface area contributed by atoms with Crippen LogP contribution in [0.4, 0.5) is 5.69 Å². The van der Waals surface area contributed by atoms with E-state index in [-0.39, 0.29) is 11.4 Å². The van der Waals surface area contributed by atoms with Crippen molar-refractivity contribution in [2.45, 2.75) is 16.8 Å². The van der Waals surface area contributed by atoms with Crippen LogP contribution in [-0.4, -0.2) is 30.8 Å². The summed E-state index contributed by atoms with van der Waals surface area (Å²) in [4.78, 5) is 25.7. The van der Waals surface area contributed by atoms with Crippen LogP contribution in [0, 0.1) is 17.0 Å². The number of hydrogen-bond acceptors (Lipinski definition) is 6. The minimum atomic E-state index is -1.15. The highest BCUT2D eigenvalue weighted by Crippen LogP contribution is 2.36. The monoisotopic (exact) mass is 294 g/mol. The van der Waals surface area contributed by atoms with Crippen LogP contribution in [0.2, 0.25) is 0 Å². The lowest BCUT2D eigenvalue weighted by Gasteiger charge is -2.02. The Bertz CT molecular complexity index is 698. The first-order valence-electron chi connectivity index (χ1n) is 5.45. The van der Waals surface area contributed by atoms with Crippen molar-refractivity contribution >= 4 is 23.4 Å². The first-order valence-corrected chi connectivity index (χ1v) is 6.27. The molecule has 2 heterocycles. The van der Waals surface area contributed by atoms with E-state index in [4.69, 9.17) is 5.11 Å². The van der Waals surface area contributed by atoms with Crippen LogP contribution in [-0.2, 0) is 7.05 Å². The standard InChI is InChI=1S/C11H10N4O4S/c1-6-9(15(18)19)10(14(2)13-6)20-7-3-4-12-8(5-7)11(16)17/h3-5H,1-2H3,(H,16,17). The van der Waals surface area contributed by atoms with Gasteiger partial charge in [-0.05, 0) is 19.1 Å². The molecule has 0 radical (unpaired) electrons. The molecule has 2 rings (SSSR count). The number of aryl methyl sites for hydroxylation is 2. The zero-order valence-electron chi connectivity index (χ0n) is 10.6. The zero-order chi connectivity index (χ0) is 14.9. The normalized spacial score (nSPS) is 10.5. The van der Waals surface area contributed by atoms with Crippen molar-refractivity contribution in [1.29, 1.82) is 0 Å². The van der Waals surface area contributed by atoms with Crippen molar-refractivity contribution in [3.05, 3.63) is 39.8 Å². The summed E-state index contributed by atoms with van der Waals surface area (Å²) in [5.41, 5.74) is 0.121. The molecule has 0 aromatic carbocycles. The molecule has 8 nitrogen and oxygen atoms in total. The third-order valence-electron chi connectivity index (χ3n) is 2.49. The fraction of sp³-hybridized carbons (Fsp3) is 0.182. The SMILES string of the molecule is Cc1nn(C)c(Sc2ccnc(C(=O)O)c2)c1[N+](=O)[O-]. The summed E-state index contributed by atoms with van der Waals surface area (Å²) in [6.45, 7) is 1.55. The lowest BCUT2D eigenvalue weighted by atomic mass is 10.3. The Labute approximate surface area is 117 Å². The summed E-state index contributed by atoms with van der Waals surface area (Å²) >= 11 is 1.08. The van der Waals surface area contributed by atoms with Gasteiger partial charge in [0.15, 0.2) is 5.03 Å². The third-order valence-corrected chi connectivity index (χ3v) is 3.63. The fourth-order valence-corrected chi connectivity index (χ4v) is 2.67. The Balaban J connectivity index is 2.42. The van der Waals surface area contributed by atoms with E-state index < -0.39 is 10.9 Å². The molecule has 0 bridgehead atoms. The molecule has 0 aliphatic rings. The maximum Gasteiger partial charge on any atom is 0.354 e. The van der Waals surface area contributed by atoms with Gasteiger partial charge in [0.05, 0.1) is 4.92 Å². The molecule has 2 aromatic heterocycles. The topological polar surface area (TPSA) is 111 Å². The number of carboxylic acids is 1. The highest BCUT2D eigenvalue weighted by molar-refractivity contribution is 7.99. The molecule has 0 saturated carbocycles. The number of aromatic carboxylic acids is 1. The summed E-state index contributed by atoms with van der Waals surface area (Å²) in [7, 11) is 1.60. The number of aromatic nitrogens is 3. The Morgan fingerprint density at radius 1 is 1.55 bits per heavy atom. The maximum absolute atomic E-state index is 11.1. The van der Waals surface area contributed by atoms with Gasteiger partial charge in [0.2, 0.25) is 0 Å². The molecule has 0 atom stereocenters. The molecule has 0 unspecified atom stereocenters. The van der Waals surface area contributed by atoms with Crippen LogP contribution in [0.1, 0.15) is 16.2 Å². The summed E-state index contributed by atoms with van der Waals surface area (Å²) < 4.78 is 1.40. The highest BCUT2D eigenvalue weighted by atomic mass is 32.2. The van der Waals surface area contributed by atoms with E-state index in [1.165, 1.54) is 16.9 Å². The third kappa shape index (κ3) is 2.62. The molecule has 0 fully saturated rings. The van der Waals surface area contributed by atoms with Crippen LogP contribution in [0.15, 0.2) is 28.3 Å². The van der Waals surface area contributed by atoms with Gasteiger partial charge in [-0.1, -0.05) is 11.8 Å².